The minimum absolute atomic E-state index is 0.195. The van der Waals surface area contributed by atoms with Gasteiger partial charge in [-0.25, -0.2) is 4.79 Å². The molecule has 5 N–H and O–H groups in total. The second-order valence-electron chi connectivity index (χ2n) is 10.7. The maximum atomic E-state index is 12.7. The molecule has 0 atom stereocenters. The number of ether oxygens (including phenoxy) is 4. The van der Waals surface area contributed by atoms with Gasteiger partial charge in [-0.05, 0) is 47.6 Å². The quantitative estimate of drug-likeness (QED) is 0.0530. The van der Waals surface area contributed by atoms with Crippen molar-refractivity contribution in [2.24, 2.45) is 5.73 Å². The third kappa shape index (κ3) is 9.20. The monoisotopic (exact) mass is 637 g/mol. The van der Waals surface area contributed by atoms with Gasteiger partial charge in [-0.15, -0.1) is 0 Å². The van der Waals surface area contributed by atoms with E-state index < -0.39 is 6.16 Å². The Hall–Kier alpha value is -5.16. The van der Waals surface area contributed by atoms with Gasteiger partial charge in [-0.2, -0.15) is 0 Å². The molecule has 0 bridgehead atoms. The molecule has 10 heteroatoms. The van der Waals surface area contributed by atoms with Crippen LogP contribution in [0.5, 0.6) is 11.6 Å². The molecule has 0 saturated carbocycles. The SMILES string of the molecule is NCCOCCOCCNC(=O)c1cccc(/C=C/c2cccc3c(CCCOc4cccc5ccccc45)c(OC(=O)O)[nH]c23)c1. The second kappa shape index (κ2) is 17.0. The third-order valence-electron chi connectivity index (χ3n) is 7.47. The molecule has 0 aliphatic rings. The highest BCUT2D eigenvalue weighted by Crippen LogP contribution is 2.33. The van der Waals surface area contributed by atoms with Gasteiger partial charge in [0.05, 0.1) is 38.6 Å². The van der Waals surface area contributed by atoms with Crippen LogP contribution in [0.1, 0.15) is 33.5 Å². The van der Waals surface area contributed by atoms with E-state index in [-0.39, 0.29) is 11.8 Å². The minimum Gasteiger partial charge on any atom is -0.493 e. The van der Waals surface area contributed by atoms with E-state index in [0.717, 1.165) is 44.1 Å². The topological polar surface area (TPSA) is 145 Å². The molecule has 1 amide bonds. The number of para-hydroxylation sites is 1. The van der Waals surface area contributed by atoms with E-state index in [4.69, 9.17) is 24.7 Å². The lowest BCUT2D eigenvalue weighted by Gasteiger charge is -2.09. The molecule has 0 unspecified atom stereocenters. The van der Waals surface area contributed by atoms with Crippen molar-refractivity contribution >= 4 is 45.9 Å². The predicted molar refractivity (Wildman–Crippen MR) is 183 cm³/mol. The van der Waals surface area contributed by atoms with Crippen molar-refractivity contribution in [3.05, 3.63) is 107 Å². The van der Waals surface area contributed by atoms with E-state index in [2.05, 4.69) is 10.3 Å². The number of hydrogen-bond donors (Lipinski definition) is 4. The number of aryl methyl sites for hydroxylation is 1. The largest absolute Gasteiger partial charge is 0.512 e. The number of nitrogens with one attached hydrogen (secondary N) is 2. The molecular weight excluding hydrogens is 598 g/mol. The predicted octanol–water partition coefficient (Wildman–Crippen LogP) is 6.28. The normalized spacial score (nSPS) is 11.3. The number of nitrogens with two attached hydrogens (primary N) is 1. The molecule has 0 aliphatic carbocycles. The number of carboxylic acid groups (broad SMARTS) is 1. The van der Waals surface area contributed by atoms with Gasteiger partial charge in [-0.3, -0.25) is 4.79 Å². The first kappa shape index (κ1) is 33.2. The lowest BCUT2D eigenvalue weighted by molar-refractivity contribution is 0.0511. The average Bonchev–Trinajstić information content (AvgIpc) is 3.43. The van der Waals surface area contributed by atoms with Gasteiger partial charge in [0.1, 0.15) is 5.75 Å². The van der Waals surface area contributed by atoms with Crippen molar-refractivity contribution in [1.82, 2.24) is 10.3 Å². The number of benzene rings is 4. The number of carbonyl (C=O) groups is 2. The van der Waals surface area contributed by atoms with Crippen LogP contribution >= 0.6 is 0 Å². The van der Waals surface area contributed by atoms with Crippen LogP contribution in [0.15, 0.2) is 84.9 Å². The number of amides is 1. The molecule has 10 nitrogen and oxygen atoms in total. The van der Waals surface area contributed by atoms with Crippen molar-refractivity contribution in [3.63, 3.8) is 0 Å². The first-order chi connectivity index (χ1) is 23.0. The Kier molecular flexibility index (Phi) is 12.0. The van der Waals surface area contributed by atoms with Gasteiger partial charge in [0.25, 0.3) is 5.91 Å². The lowest BCUT2D eigenvalue weighted by Crippen LogP contribution is -2.27. The second-order valence-corrected chi connectivity index (χ2v) is 10.7. The van der Waals surface area contributed by atoms with Gasteiger partial charge >= 0.3 is 6.16 Å². The molecule has 1 aromatic heterocycles. The first-order valence-corrected chi connectivity index (χ1v) is 15.6. The summed E-state index contributed by atoms with van der Waals surface area (Å²) in [5.74, 6) is 0.816. The summed E-state index contributed by atoms with van der Waals surface area (Å²) in [6.45, 7) is 3.08. The van der Waals surface area contributed by atoms with Crippen LogP contribution in [0.25, 0.3) is 33.8 Å². The number of fused-ring (bicyclic) bond motifs is 2. The van der Waals surface area contributed by atoms with Crippen LogP contribution in [0.4, 0.5) is 4.79 Å². The van der Waals surface area contributed by atoms with Crippen molar-refractivity contribution in [2.45, 2.75) is 12.8 Å². The zero-order valence-electron chi connectivity index (χ0n) is 26.1. The van der Waals surface area contributed by atoms with Crippen molar-refractivity contribution in [2.75, 3.05) is 46.1 Å². The Labute approximate surface area is 273 Å². The third-order valence-corrected chi connectivity index (χ3v) is 7.47. The van der Waals surface area contributed by atoms with Crippen LogP contribution in [0, 0.1) is 0 Å². The van der Waals surface area contributed by atoms with Crippen LogP contribution in [-0.4, -0.2) is 68.3 Å². The fourth-order valence-corrected chi connectivity index (χ4v) is 5.30. The summed E-state index contributed by atoms with van der Waals surface area (Å²) in [5.41, 5.74) is 9.12. The van der Waals surface area contributed by atoms with Gasteiger partial charge in [0.15, 0.2) is 0 Å². The van der Waals surface area contributed by atoms with Crippen LogP contribution in [0.2, 0.25) is 0 Å². The van der Waals surface area contributed by atoms with Crippen LogP contribution in [0.3, 0.4) is 0 Å². The number of aromatic amines is 1. The van der Waals surface area contributed by atoms with E-state index in [0.29, 0.717) is 64.5 Å². The summed E-state index contributed by atoms with van der Waals surface area (Å²) in [6.07, 6.45) is 3.64. The Morgan fingerprint density at radius 2 is 1.60 bits per heavy atom. The molecule has 0 spiro atoms. The number of hydrogen-bond acceptors (Lipinski definition) is 7. The van der Waals surface area contributed by atoms with Gasteiger partial charge < -0.3 is 40.1 Å². The molecule has 0 radical (unpaired) electrons. The Balaban J connectivity index is 1.23. The molecule has 5 rings (SSSR count). The van der Waals surface area contributed by atoms with Gasteiger partial charge in [0.2, 0.25) is 5.88 Å². The molecular formula is C37H39N3O7. The van der Waals surface area contributed by atoms with Crippen LogP contribution in [-0.2, 0) is 15.9 Å². The fraction of sp³-hybridized carbons (Fsp3) is 0.243. The molecule has 0 saturated heterocycles. The van der Waals surface area contributed by atoms with Crippen LogP contribution < -0.4 is 20.5 Å². The van der Waals surface area contributed by atoms with E-state index >= 15 is 0 Å². The molecule has 0 aliphatic heterocycles. The number of carbonyl (C=O) groups excluding carboxylic acids is 1. The Morgan fingerprint density at radius 3 is 2.45 bits per heavy atom. The summed E-state index contributed by atoms with van der Waals surface area (Å²) in [7, 11) is 0. The fourth-order valence-electron chi connectivity index (χ4n) is 5.30. The van der Waals surface area contributed by atoms with Gasteiger partial charge in [0, 0.05) is 35.0 Å². The van der Waals surface area contributed by atoms with Gasteiger partial charge in [-0.1, -0.05) is 78.9 Å². The van der Waals surface area contributed by atoms with E-state index in [1.807, 2.05) is 91.0 Å². The number of aromatic nitrogens is 1. The summed E-state index contributed by atoms with van der Waals surface area (Å²) in [4.78, 5) is 27.4. The molecule has 244 valence electrons. The van der Waals surface area contributed by atoms with E-state index in [1.54, 1.807) is 6.07 Å². The zero-order valence-corrected chi connectivity index (χ0v) is 26.1. The number of H-pyrrole nitrogens is 1. The highest BCUT2D eigenvalue weighted by atomic mass is 16.7. The lowest BCUT2D eigenvalue weighted by atomic mass is 10.0. The van der Waals surface area contributed by atoms with Crippen molar-refractivity contribution < 1.29 is 33.6 Å². The maximum Gasteiger partial charge on any atom is 0.512 e. The average molecular weight is 638 g/mol. The number of rotatable bonds is 17. The zero-order chi connectivity index (χ0) is 32.8. The van der Waals surface area contributed by atoms with E-state index in [1.165, 1.54) is 0 Å². The van der Waals surface area contributed by atoms with Crippen molar-refractivity contribution in [1.29, 1.82) is 0 Å². The summed E-state index contributed by atoms with van der Waals surface area (Å²) < 4.78 is 22.0. The minimum atomic E-state index is -1.39. The Bertz CT molecular complexity index is 1830. The molecule has 0 fully saturated rings. The van der Waals surface area contributed by atoms with E-state index in [9.17, 15) is 14.7 Å². The molecule has 5 aromatic rings. The first-order valence-electron chi connectivity index (χ1n) is 15.6. The van der Waals surface area contributed by atoms with Crippen molar-refractivity contribution in [3.8, 4) is 11.6 Å². The highest BCUT2D eigenvalue weighted by molar-refractivity contribution is 5.96. The maximum absolute atomic E-state index is 12.7. The smallest absolute Gasteiger partial charge is 0.493 e. The summed E-state index contributed by atoms with van der Waals surface area (Å²) >= 11 is 0. The summed E-state index contributed by atoms with van der Waals surface area (Å²) in [5, 5.41) is 15.3. The molecule has 4 aromatic carbocycles. The highest BCUT2D eigenvalue weighted by Gasteiger charge is 2.17. The summed E-state index contributed by atoms with van der Waals surface area (Å²) in [6, 6.07) is 27.1. The molecule has 1 heterocycles. The standard InChI is InChI=1S/C37H39N3O7/c38-18-21-44-23-24-45-22-19-39-35(41)29-11-3-7-26(25-29)16-17-28-10-4-13-31-32(36(40-34(28)31)47-37(42)43)14-6-20-46-33-15-5-9-27-8-1-2-12-30(27)33/h1-5,7-13,15-17,25,40H,6,14,18-24,38H2,(H,39,41)(H,42,43)/b17-16+. The Morgan fingerprint density at radius 1 is 0.830 bits per heavy atom. The molecule has 47 heavy (non-hydrogen) atoms.